The molecular formula is C21H23ClN6O. The first kappa shape index (κ1) is 19.4. The minimum Gasteiger partial charge on any atom is -0.356 e. The Kier molecular flexibility index (Phi) is 5.00. The molecular weight excluding hydrogens is 388 g/mol. The van der Waals surface area contributed by atoms with Gasteiger partial charge in [0.05, 0.1) is 17.8 Å². The number of hydrogen-bond acceptors (Lipinski definition) is 4. The van der Waals surface area contributed by atoms with E-state index in [1.165, 1.54) is 0 Å². The highest BCUT2D eigenvalue weighted by Crippen LogP contribution is 2.34. The summed E-state index contributed by atoms with van der Waals surface area (Å²) in [6.45, 7) is 6.46. The molecule has 0 spiro atoms. The van der Waals surface area contributed by atoms with Gasteiger partial charge in [0.15, 0.2) is 5.82 Å². The Balaban J connectivity index is 1.96. The predicted molar refractivity (Wildman–Crippen MR) is 113 cm³/mol. The molecule has 0 radical (unpaired) electrons. The first-order valence-corrected chi connectivity index (χ1v) is 9.97. The Morgan fingerprint density at radius 2 is 1.93 bits per heavy atom. The molecule has 0 saturated heterocycles. The van der Waals surface area contributed by atoms with E-state index in [2.05, 4.69) is 33.2 Å². The highest BCUT2D eigenvalue weighted by molar-refractivity contribution is 6.30. The smallest absolute Gasteiger partial charge is 0.222 e. The van der Waals surface area contributed by atoms with Gasteiger partial charge in [-0.25, -0.2) is 0 Å². The Labute approximate surface area is 174 Å². The number of rotatable bonds is 4. The highest BCUT2D eigenvalue weighted by atomic mass is 35.5. The molecule has 0 unspecified atom stereocenters. The summed E-state index contributed by atoms with van der Waals surface area (Å²) >= 11 is 6.11. The van der Waals surface area contributed by atoms with E-state index in [1.807, 2.05) is 49.7 Å². The van der Waals surface area contributed by atoms with Crippen molar-refractivity contribution in [1.82, 2.24) is 24.6 Å². The number of carbonyl (C=O) groups is 1. The molecule has 2 aromatic heterocycles. The van der Waals surface area contributed by atoms with Crippen molar-refractivity contribution < 1.29 is 4.79 Å². The number of aliphatic imine (C=N–C) groups is 1. The Bertz CT molecular complexity index is 1110. The second-order valence-corrected chi connectivity index (χ2v) is 7.62. The average molecular weight is 411 g/mol. The lowest BCUT2D eigenvalue weighted by molar-refractivity contribution is -0.121. The Morgan fingerprint density at radius 3 is 2.62 bits per heavy atom. The monoisotopic (exact) mass is 410 g/mol. The fourth-order valence-electron chi connectivity index (χ4n) is 3.75. The average Bonchev–Trinajstić information content (AvgIpc) is 3.15. The van der Waals surface area contributed by atoms with E-state index in [0.717, 1.165) is 34.0 Å². The Hall–Kier alpha value is -2.93. The molecule has 0 bridgehead atoms. The van der Waals surface area contributed by atoms with Crippen LogP contribution in [0.15, 0.2) is 35.5 Å². The zero-order chi connectivity index (χ0) is 20.7. The van der Waals surface area contributed by atoms with Crippen molar-refractivity contribution in [3.8, 4) is 5.69 Å². The maximum Gasteiger partial charge on any atom is 0.222 e. The summed E-state index contributed by atoms with van der Waals surface area (Å²) in [5, 5.41) is 12.2. The van der Waals surface area contributed by atoms with Crippen molar-refractivity contribution in [2.75, 3.05) is 6.54 Å². The number of aryl methyl sites for hydroxylation is 2. The van der Waals surface area contributed by atoms with Gasteiger partial charge in [0, 0.05) is 41.6 Å². The summed E-state index contributed by atoms with van der Waals surface area (Å²) in [7, 11) is 2.01. The standard InChI is InChI=1S/C21H23ClN6O/c1-5-23-18(29)10-16-21-26-25-13(3)28(21)17-11-27(4)12(2)19(17)20(24-16)14-6-8-15(22)9-7-14/h6-9,11,16H,5,10H2,1-4H3,(H,23,29)/t16-/m0/s1. The second kappa shape index (κ2) is 7.48. The third-order valence-electron chi connectivity index (χ3n) is 5.24. The van der Waals surface area contributed by atoms with Gasteiger partial charge in [-0.1, -0.05) is 23.7 Å². The molecule has 1 aromatic carbocycles. The minimum absolute atomic E-state index is 0.0623. The summed E-state index contributed by atoms with van der Waals surface area (Å²) in [5.74, 6) is 1.37. The number of nitrogens with zero attached hydrogens (tertiary/aromatic N) is 5. The van der Waals surface area contributed by atoms with E-state index in [-0.39, 0.29) is 12.3 Å². The van der Waals surface area contributed by atoms with Crippen LogP contribution in [0.3, 0.4) is 0 Å². The molecule has 1 atom stereocenters. The molecule has 0 aliphatic carbocycles. The molecule has 4 rings (SSSR count). The number of aromatic nitrogens is 4. The van der Waals surface area contributed by atoms with Crippen molar-refractivity contribution in [3.05, 3.63) is 64.0 Å². The zero-order valence-corrected chi connectivity index (χ0v) is 17.7. The van der Waals surface area contributed by atoms with Gasteiger partial charge in [0.25, 0.3) is 0 Å². The summed E-state index contributed by atoms with van der Waals surface area (Å²) in [6.07, 6.45) is 2.27. The molecule has 0 fully saturated rings. The minimum atomic E-state index is -0.439. The molecule has 1 aliphatic heterocycles. The molecule has 8 heteroatoms. The SMILES string of the molecule is CCNC(=O)C[C@@H]1N=C(c2ccc(Cl)cc2)c2c(cn(C)c2C)-n2c(C)nnc21. The van der Waals surface area contributed by atoms with Gasteiger partial charge < -0.3 is 9.88 Å². The first-order valence-electron chi connectivity index (χ1n) is 9.59. The van der Waals surface area contributed by atoms with Gasteiger partial charge in [-0.3, -0.25) is 14.4 Å². The largest absolute Gasteiger partial charge is 0.356 e. The number of carbonyl (C=O) groups excluding carboxylic acids is 1. The quantitative estimate of drug-likeness (QED) is 0.716. The van der Waals surface area contributed by atoms with Crippen LogP contribution in [0.2, 0.25) is 5.02 Å². The molecule has 1 aliphatic rings. The fourth-order valence-corrected chi connectivity index (χ4v) is 3.87. The number of halogens is 1. The predicted octanol–water partition coefficient (Wildman–Crippen LogP) is 3.29. The molecule has 1 amide bonds. The van der Waals surface area contributed by atoms with Crippen LogP contribution in [0.1, 0.15) is 47.9 Å². The van der Waals surface area contributed by atoms with Crippen molar-refractivity contribution >= 4 is 23.2 Å². The molecule has 150 valence electrons. The molecule has 1 N–H and O–H groups in total. The lowest BCUT2D eigenvalue weighted by atomic mass is 10.0. The number of amides is 1. The first-order chi connectivity index (χ1) is 13.9. The highest BCUT2D eigenvalue weighted by Gasteiger charge is 2.31. The van der Waals surface area contributed by atoms with Crippen molar-refractivity contribution in [2.24, 2.45) is 12.0 Å². The van der Waals surface area contributed by atoms with Crippen LogP contribution in [-0.4, -0.2) is 37.5 Å². The molecule has 0 saturated carbocycles. The van der Waals surface area contributed by atoms with Crippen molar-refractivity contribution in [2.45, 2.75) is 33.2 Å². The van der Waals surface area contributed by atoms with Crippen molar-refractivity contribution in [3.63, 3.8) is 0 Å². The second-order valence-electron chi connectivity index (χ2n) is 7.18. The van der Waals surface area contributed by atoms with E-state index in [9.17, 15) is 4.79 Å². The van der Waals surface area contributed by atoms with Crippen LogP contribution in [0, 0.1) is 13.8 Å². The summed E-state index contributed by atoms with van der Waals surface area (Å²) in [5.41, 5.74) is 4.83. The summed E-state index contributed by atoms with van der Waals surface area (Å²) in [4.78, 5) is 17.4. The van der Waals surface area contributed by atoms with E-state index in [0.29, 0.717) is 17.4 Å². The summed E-state index contributed by atoms with van der Waals surface area (Å²) in [6, 6.07) is 7.18. The summed E-state index contributed by atoms with van der Waals surface area (Å²) < 4.78 is 4.09. The van der Waals surface area contributed by atoms with E-state index < -0.39 is 6.04 Å². The van der Waals surface area contributed by atoms with Gasteiger partial charge in [0.2, 0.25) is 5.91 Å². The Morgan fingerprint density at radius 1 is 1.21 bits per heavy atom. The van der Waals surface area contributed by atoms with Gasteiger partial charge in [-0.15, -0.1) is 10.2 Å². The molecule has 3 heterocycles. The zero-order valence-electron chi connectivity index (χ0n) is 16.9. The van der Waals surface area contributed by atoms with Gasteiger partial charge in [0.1, 0.15) is 11.9 Å². The number of hydrogen-bond donors (Lipinski definition) is 1. The number of benzene rings is 1. The maximum atomic E-state index is 12.4. The topological polar surface area (TPSA) is 77.1 Å². The number of nitrogens with one attached hydrogen (secondary N) is 1. The van der Waals surface area contributed by atoms with Gasteiger partial charge in [-0.05, 0) is 32.9 Å². The van der Waals surface area contributed by atoms with Crippen LogP contribution in [0.5, 0.6) is 0 Å². The third-order valence-corrected chi connectivity index (χ3v) is 5.50. The van der Waals surface area contributed by atoms with E-state index in [4.69, 9.17) is 16.6 Å². The van der Waals surface area contributed by atoms with Crippen LogP contribution < -0.4 is 5.32 Å². The fraction of sp³-hybridized carbons (Fsp3) is 0.333. The van der Waals surface area contributed by atoms with Gasteiger partial charge in [-0.2, -0.15) is 0 Å². The van der Waals surface area contributed by atoms with Crippen LogP contribution in [0.4, 0.5) is 0 Å². The maximum absolute atomic E-state index is 12.4. The van der Waals surface area contributed by atoms with Crippen LogP contribution in [-0.2, 0) is 11.8 Å². The van der Waals surface area contributed by atoms with E-state index >= 15 is 0 Å². The van der Waals surface area contributed by atoms with Gasteiger partial charge >= 0.3 is 0 Å². The lowest BCUT2D eigenvalue weighted by Crippen LogP contribution is -2.25. The van der Waals surface area contributed by atoms with E-state index in [1.54, 1.807) is 0 Å². The van der Waals surface area contributed by atoms with Crippen LogP contribution >= 0.6 is 11.6 Å². The third kappa shape index (κ3) is 3.35. The molecule has 3 aromatic rings. The normalized spacial score (nSPS) is 15.3. The lowest BCUT2D eigenvalue weighted by Gasteiger charge is -2.13. The van der Waals surface area contributed by atoms with Crippen molar-refractivity contribution in [1.29, 1.82) is 0 Å². The van der Waals surface area contributed by atoms with Crippen LogP contribution in [0.25, 0.3) is 5.69 Å². The number of fused-ring (bicyclic) bond motifs is 3. The molecule has 7 nitrogen and oxygen atoms in total. The molecule has 29 heavy (non-hydrogen) atoms.